The van der Waals surface area contributed by atoms with Gasteiger partial charge in [-0.25, -0.2) is 0 Å². The summed E-state index contributed by atoms with van der Waals surface area (Å²) in [5, 5.41) is 0. The van der Waals surface area contributed by atoms with Crippen LogP contribution >= 0.6 is 15.9 Å². The molecule has 1 atom stereocenters. The van der Waals surface area contributed by atoms with Crippen LogP contribution in [0.5, 0.6) is 11.5 Å². The third-order valence-electron chi connectivity index (χ3n) is 3.53. The van der Waals surface area contributed by atoms with Gasteiger partial charge in [-0.05, 0) is 17.2 Å². The maximum atomic E-state index is 12.1. The largest absolute Gasteiger partial charge is 0.468 e. The number of rotatable bonds is 9. The Morgan fingerprint density at radius 3 is 2.27 bits per heavy atom. The lowest BCUT2D eigenvalue weighted by molar-refractivity contribution is -0.139. The first kappa shape index (κ1) is 20.2. The van der Waals surface area contributed by atoms with Gasteiger partial charge in [-0.15, -0.1) is 0 Å². The number of carbonyl (C=O) groups is 1. The zero-order valence-corrected chi connectivity index (χ0v) is 16.4. The summed E-state index contributed by atoms with van der Waals surface area (Å²) in [7, 11) is 4.41. The molecule has 2 aromatic rings. The first-order valence-corrected chi connectivity index (χ1v) is 8.72. The second kappa shape index (κ2) is 10.2. The lowest BCUT2D eigenvalue weighted by Gasteiger charge is -2.20. The molecule has 0 radical (unpaired) electrons. The van der Waals surface area contributed by atoms with Gasteiger partial charge in [0.25, 0.3) is 0 Å². The van der Waals surface area contributed by atoms with Crippen LogP contribution in [-0.2, 0) is 19.0 Å². The number of hydrogen-bond donors (Lipinski definition) is 0. The number of carbonyl (C=O) groups excluding carboxylic acids is 1. The molecule has 140 valence electrons. The molecule has 0 aliphatic rings. The Balaban J connectivity index is 2.63. The molecule has 2 rings (SSSR count). The fourth-order valence-corrected chi connectivity index (χ4v) is 2.95. The van der Waals surface area contributed by atoms with E-state index in [1.807, 2.05) is 30.3 Å². The molecule has 26 heavy (non-hydrogen) atoms. The summed E-state index contributed by atoms with van der Waals surface area (Å²) in [4.78, 5) is 11.5. The summed E-state index contributed by atoms with van der Waals surface area (Å²) in [6.07, 6.45) is 0. The van der Waals surface area contributed by atoms with Crippen molar-refractivity contribution in [2.75, 3.05) is 34.9 Å². The van der Waals surface area contributed by atoms with Crippen molar-refractivity contribution >= 4 is 21.9 Å². The van der Waals surface area contributed by atoms with Gasteiger partial charge in [-0.1, -0.05) is 46.3 Å². The highest BCUT2D eigenvalue weighted by atomic mass is 79.9. The van der Waals surface area contributed by atoms with Gasteiger partial charge >= 0.3 is 5.97 Å². The Morgan fingerprint density at radius 2 is 1.65 bits per heavy atom. The first-order chi connectivity index (χ1) is 12.6. The summed E-state index contributed by atoms with van der Waals surface area (Å²) in [5.41, 5.74) is 2.29. The molecule has 0 aliphatic heterocycles. The van der Waals surface area contributed by atoms with Crippen molar-refractivity contribution in [3.63, 3.8) is 0 Å². The molecule has 0 heterocycles. The van der Waals surface area contributed by atoms with Gasteiger partial charge in [0.15, 0.2) is 13.6 Å². The Morgan fingerprint density at radius 1 is 1.00 bits per heavy atom. The Bertz CT molecular complexity index is 719. The van der Waals surface area contributed by atoms with Gasteiger partial charge in [-0.2, -0.15) is 0 Å². The van der Waals surface area contributed by atoms with Crippen molar-refractivity contribution in [2.45, 2.75) is 4.83 Å². The van der Waals surface area contributed by atoms with Crippen molar-refractivity contribution < 1.29 is 28.5 Å². The number of ether oxygens (including phenoxy) is 5. The highest BCUT2D eigenvalue weighted by Gasteiger charge is 2.25. The zero-order valence-electron chi connectivity index (χ0n) is 14.9. The van der Waals surface area contributed by atoms with Crippen LogP contribution in [0.3, 0.4) is 0 Å². The molecule has 7 heteroatoms. The number of halogens is 1. The van der Waals surface area contributed by atoms with E-state index in [1.165, 1.54) is 21.3 Å². The Labute approximate surface area is 161 Å². The van der Waals surface area contributed by atoms with Crippen LogP contribution in [0.4, 0.5) is 0 Å². The molecule has 2 aromatic carbocycles. The SMILES string of the molecule is COCOc1cc(OCOC)c(-c2ccccc2)c(C(Br)C(=O)OC)c1. The minimum absolute atomic E-state index is 0.0538. The third-order valence-corrected chi connectivity index (χ3v) is 4.39. The quantitative estimate of drug-likeness (QED) is 0.345. The average Bonchev–Trinajstić information content (AvgIpc) is 2.69. The molecule has 0 spiro atoms. The first-order valence-electron chi connectivity index (χ1n) is 7.81. The molecule has 0 N–H and O–H groups in total. The molecule has 0 saturated carbocycles. The lowest BCUT2D eigenvalue weighted by atomic mass is 9.96. The molecule has 1 unspecified atom stereocenters. The van der Waals surface area contributed by atoms with Crippen LogP contribution in [0.25, 0.3) is 11.1 Å². The number of methoxy groups -OCH3 is 3. The Kier molecular flexibility index (Phi) is 7.90. The third kappa shape index (κ3) is 4.97. The topological polar surface area (TPSA) is 63.2 Å². The fraction of sp³-hybridized carbons (Fsp3) is 0.316. The van der Waals surface area contributed by atoms with Crippen LogP contribution in [0.2, 0.25) is 0 Å². The van der Waals surface area contributed by atoms with Gasteiger partial charge in [0.1, 0.15) is 16.3 Å². The van der Waals surface area contributed by atoms with E-state index in [2.05, 4.69) is 15.9 Å². The minimum atomic E-state index is -0.696. The molecule has 0 amide bonds. The number of benzene rings is 2. The van der Waals surface area contributed by atoms with Gasteiger partial charge in [-0.3, -0.25) is 4.79 Å². The van der Waals surface area contributed by atoms with E-state index in [0.717, 1.165) is 11.1 Å². The van der Waals surface area contributed by atoms with Crippen molar-refractivity contribution in [1.82, 2.24) is 0 Å². The highest BCUT2D eigenvalue weighted by Crippen LogP contribution is 2.42. The lowest BCUT2D eigenvalue weighted by Crippen LogP contribution is -2.11. The monoisotopic (exact) mass is 424 g/mol. The summed E-state index contributed by atoms with van der Waals surface area (Å²) in [6.45, 7) is 0.122. The molecule has 0 bridgehead atoms. The van der Waals surface area contributed by atoms with E-state index in [9.17, 15) is 4.79 Å². The summed E-state index contributed by atoms with van der Waals surface area (Å²) >= 11 is 3.42. The predicted molar refractivity (Wildman–Crippen MR) is 101 cm³/mol. The fourth-order valence-electron chi connectivity index (χ4n) is 2.40. The molecule has 6 nitrogen and oxygen atoms in total. The van der Waals surface area contributed by atoms with Crippen LogP contribution in [0.15, 0.2) is 42.5 Å². The zero-order chi connectivity index (χ0) is 18.9. The minimum Gasteiger partial charge on any atom is -0.468 e. The van der Waals surface area contributed by atoms with Crippen LogP contribution in [0, 0.1) is 0 Å². The summed E-state index contributed by atoms with van der Waals surface area (Å²) in [5.74, 6) is 0.597. The number of esters is 1. The maximum absolute atomic E-state index is 12.1. The smallest absolute Gasteiger partial charge is 0.324 e. The van der Waals surface area contributed by atoms with E-state index >= 15 is 0 Å². The molecular weight excluding hydrogens is 404 g/mol. The van der Waals surface area contributed by atoms with Gasteiger partial charge in [0, 0.05) is 25.8 Å². The predicted octanol–water partition coefficient (Wildman–Crippen LogP) is 3.93. The standard InChI is InChI=1S/C19H21BrO6/c1-22-11-25-14-9-15(18(20)19(21)24-3)17(13-7-5-4-6-8-13)16(10-14)26-12-23-2/h4-10,18H,11-12H2,1-3H3. The van der Waals surface area contributed by atoms with Gasteiger partial charge in [0.2, 0.25) is 0 Å². The van der Waals surface area contributed by atoms with Crippen molar-refractivity contribution in [3.05, 3.63) is 48.0 Å². The average molecular weight is 425 g/mol. The second-order valence-corrected chi connectivity index (χ2v) is 6.15. The maximum Gasteiger partial charge on any atom is 0.324 e. The van der Waals surface area contributed by atoms with Crippen molar-refractivity contribution in [3.8, 4) is 22.6 Å². The van der Waals surface area contributed by atoms with Crippen LogP contribution in [-0.4, -0.2) is 40.9 Å². The van der Waals surface area contributed by atoms with Crippen LogP contribution < -0.4 is 9.47 Å². The summed E-state index contributed by atoms with van der Waals surface area (Å²) < 4.78 is 26.2. The van der Waals surface area contributed by atoms with Crippen molar-refractivity contribution in [1.29, 1.82) is 0 Å². The highest BCUT2D eigenvalue weighted by molar-refractivity contribution is 9.09. The van der Waals surface area contributed by atoms with Gasteiger partial charge in [0.05, 0.1) is 7.11 Å². The van der Waals surface area contributed by atoms with E-state index in [4.69, 9.17) is 23.7 Å². The van der Waals surface area contributed by atoms with E-state index in [-0.39, 0.29) is 13.6 Å². The number of hydrogen-bond acceptors (Lipinski definition) is 6. The molecule has 0 saturated heterocycles. The van der Waals surface area contributed by atoms with E-state index in [1.54, 1.807) is 12.1 Å². The Hall–Kier alpha value is -2.09. The molecule has 0 aliphatic carbocycles. The normalized spacial score (nSPS) is 11.7. The van der Waals surface area contributed by atoms with Gasteiger partial charge < -0.3 is 23.7 Å². The summed E-state index contributed by atoms with van der Waals surface area (Å²) in [6, 6.07) is 13.1. The van der Waals surface area contributed by atoms with Crippen LogP contribution in [0.1, 0.15) is 10.4 Å². The molecule has 0 aromatic heterocycles. The van der Waals surface area contributed by atoms with Crippen molar-refractivity contribution in [2.24, 2.45) is 0 Å². The van der Waals surface area contributed by atoms with E-state index in [0.29, 0.717) is 17.1 Å². The molecular formula is C19H21BrO6. The number of alkyl halides is 1. The second-order valence-electron chi connectivity index (χ2n) is 5.24. The molecule has 0 fully saturated rings. The van der Waals surface area contributed by atoms with E-state index < -0.39 is 10.8 Å².